The third kappa shape index (κ3) is 3.72. The molecule has 1 amide bonds. The Balaban J connectivity index is 1.53. The van der Waals surface area contributed by atoms with Gasteiger partial charge >= 0.3 is 0 Å². The van der Waals surface area contributed by atoms with Crippen LogP contribution in [0.15, 0.2) is 47.1 Å². The summed E-state index contributed by atoms with van der Waals surface area (Å²) < 4.78 is 2.93. The average molecular weight is 440 g/mol. The first-order chi connectivity index (χ1) is 13.6. The molecule has 0 N–H and O–H groups in total. The van der Waals surface area contributed by atoms with Gasteiger partial charge in [-0.05, 0) is 71.6 Å². The molecule has 1 aromatic carbocycles. The summed E-state index contributed by atoms with van der Waals surface area (Å²) in [6.45, 7) is 5.74. The topological polar surface area (TPSA) is 37.6 Å². The normalized spacial score (nSPS) is 15.3. The van der Waals surface area contributed by atoms with E-state index in [0.29, 0.717) is 5.92 Å². The SMILES string of the molecule is CCc1nc2c(C)cc(Br)cn2c1C(=O)N1CCC(Cc2ccccc2)CC1. The number of pyridine rings is 1. The van der Waals surface area contributed by atoms with Gasteiger partial charge in [-0.2, -0.15) is 0 Å². The molecular weight excluding hydrogens is 414 g/mol. The van der Waals surface area contributed by atoms with Crippen molar-refractivity contribution in [2.45, 2.75) is 39.5 Å². The molecule has 4 nitrogen and oxygen atoms in total. The Kier molecular flexibility index (Phi) is 5.54. The maximum absolute atomic E-state index is 13.4. The van der Waals surface area contributed by atoms with Gasteiger partial charge in [0, 0.05) is 23.8 Å². The fourth-order valence-electron chi connectivity index (χ4n) is 4.23. The van der Waals surface area contributed by atoms with Gasteiger partial charge in [-0.3, -0.25) is 9.20 Å². The van der Waals surface area contributed by atoms with Crippen LogP contribution in [0.5, 0.6) is 0 Å². The number of amides is 1. The van der Waals surface area contributed by atoms with Crippen LogP contribution in [0, 0.1) is 12.8 Å². The number of rotatable bonds is 4. The van der Waals surface area contributed by atoms with Crippen LogP contribution < -0.4 is 0 Å². The number of halogens is 1. The number of carbonyl (C=O) groups excluding carboxylic acids is 1. The number of aromatic nitrogens is 2. The molecule has 1 fully saturated rings. The monoisotopic (exact) mass is 439 g/mol. The van der Waals surface area contributed by atoms with Gasteiger partial charge in [0.05, 0.1) is 5.69 Å². The van der Waals surface area contributed by atoms with Crippen molar-refractivity contribution in [1.82, 2.24) is 14.3 Å². The number of aryl methyl sites for hydroxylation is 2. The number of likely N-dealkylation sites (tertiary alicyclic amines) is 1. The van der Waals surface area contributed by atoms with Gasteiger partial charge < -0.3 is 4.90 Å². The summed E-state index contributed by atoms with van der Waals surface area (Å²) in [4.78, 5) is 20.2. The number of piperidine rings is 1. The zero-order valence-corrected chi connectivity index (χ0v) is 18.1. The molecule has 146 valence electrons. The lowest BCUT2D eigenvalue weighted by atomic mass is 9.90. The lowest BCUT2D eigenvalue weighted by Crippen LogP contribution is -2.39. The molecule has 1 aliphatic rings. The van der Waals surface area contributed by atoms with Gasteiger partial charge in [-0.1, -0.05) is 37.3 Å². The first kappa shape index (κ1) is 19.2. The lowest BCUT2D eigenvalue weighted by molar-refractivity contribution is 0.0682. The smallest absolute Gasteiger partial charge is 0.272 e. The molecule has 5 heteroatoms. The summed E-state index contributed by atoms with van der Waals surface area (Å²) in [7, 11) is 0. The molecule has 0 spiro atoms. The second-order valence-electron chi connectivity index (χ2n) is 7.72. The fourth-order valence-corrected chi connectivity index (χ4v) is 4.77. The highest BCUT2D eigenvalue weighted by Gasteiger charge is 2.28. The second kappa shape index (κ2) is 8.08. The van der Waals surface area contributed by atoms with Gasteiger partial charge in [0.1, 0.15) is 11.3 Å². The Bertz CT molecular complexity index is 988. The van der Waals surface area contributed by atoms with Crippen LogP contribution in [-0.2, 0) is 12.8 Å². The molecule has 3 aromatic rings. The molecular formula is C23H26BrN3O. The van der Waals surface area contributed by atoms with Crippen molar-refractivity contribution < 1.29 is 4.79 Å². The van der Waals surface area contributed by atoms with Crippen molar-refractivity contribution in [2.75, 3.05) is 13.1 Å². The minimum atomic E-state index is 0.111. The van der Waals surface area contributed by atoms with Gasteiger partial charge in [-0.25, -0.2) is 4.98 Å². The van der Waals surface area contributed by atoms with Crippen molar-refractivity contribution in [1.29, 1.82) is 0 Å². The number of carbonyl (C=O) groups is 1. The summed E-state index contributed by atoms with van der Waals surface area (Å²) in [5.41, 5.74) is 4.95. The molecule has 0 saturated carbocycles. The van der Waals surface area contributed by atoms with Gasteiger partial charge in [0.15, 0.2) is 0 Å². The third-order valence-electron chi connectivity index (χ3n) is 5.75. The van der Waals surface area contributed by atoms with Crippen LogP contribution in [-0.4, -0.2) is 33.3 Å². The Hall–Kier alpha value is -2.14. The van der Waals surface area contributed by atoms with Crippen LogP contribution in [0.3, 0.4) is 0 Å². The van der Waals surface area contributed by atoms with Crippen LogP contribution in [0.4, 0.5) is 0 Å². The van der Waals surface area contributed by atoms with Crippen LogP contribution in [0.2, 0.25) is 0 Å². The van der Waals surface area contributed by atoms with E-state index >= 15 is 0 Å². The Morgan fingerprint density at radius 3 is 2.61 bits per heavy atom. The van der Waals surface area contributed by atoms with E-state index in [1.165, 1.54) is 5.56 Å². The summed E-state index contributed by atoms with van der Waals surface area (Å²) in [6.07, 6.45) is 5.93. The van der Waals surface area contributed by atoms with Crippen molar-refractivity contribution in [2.24, 2.45) is 5.92 Å². The van der Waals surface area contributed by atoms with E-state index in [4.69, 9.17) is 4.98 Å². The van der Waals surface area contributed by atoms with E-state index in [9.17, 15) is 4.79 Å². The molecule has 0 atom stereocenters. The molecule has 4 rings (SSSR count). The number of hydrogen-bond donors (Lipinski definition) is 0. The van der Waals surface area contributed by atoms with E-state index in [2.05, 4.69) is 53.2 Å². The fraction of sp³-hybridized carbons (Fsp3) is 0.391. The van der Waals surface area contributed by atoms with Crippen molar-refractivity contribution in [3.05, 3.63) is 69.6 Å². The largest absolute Gasteiger partial charge is 0.337 e. The molecule has 3 heterocycles. The summed E-state index contributed by atoms with van der Waals surface area (Å²) in [5, 5.41) is 0. The van der Waals surface area contributed by atoms with E-state index in [-0.39, 0.29) is 5.91 Å². The maximum atomic E-state index is 13.4. The van der Waals surface area contributed by atoms with E-state index in [0.717, 1.165) is 65.8 Å². The minimum absolute atomic E-state index is 0.111. The van der Waals surface area contributed by atoms with Crippen molar-refractivity contribution in [3.8, 4) is 0 Å². The minimum Gasteiger partial charge on any atom is -0.337 e. The number of fused-ring (bicyclic) bond motifs is 1. The van der Waals surface area contributed by atoms with Crippen LogP contribution in [0.25, 0.3) is 5.65 Å². The van der Waals surface area contributed by atoms with Gasteiger partial charge in [0.25, 0.3) is 5.91 Å². The molecule has 0 bridgehead atoms. The highest BCUT2D eigenvalue weighted by Crippen LogP contribution is 2.26. The highest BCUT2D eigenvalue weighted by atomic mass is 79.9. The molecule has 0 radical (unpaired) electrons. The van der Waals surface area contributed by atoms with Crippen molar-refractivity contribution in [3.63, 3.8) is 0 Å². The lowest BCUT2D eigenvalue weighted by Gasteiger charge is -2.32. The predicted molar refractivity (Wildman–Crippen MR) is 116 cm³/mol. The van der Waals surface area contributed by atoms with Crippen LogP contribution >= 0.6 is 15.9 Å². The van der Waals surface area contributed by atoms with E-state index < -0.39 is 0 Å². The molecule has 28 heavy (non-hydrogen) atoms. The number of benzene rings is 1. The summed E-state index contributed by atoms with van der Waals surface area (Å²) >= 11 is 3.56. The first-order valence-electron chi connectivity index (χ1n) is 10.1. The Morgan fingerprint density at radius 2 is 1.93 bits per heavy atom. The van der Waals surface area contributed by atoms with Gasteiger partial charge in [0.2, 0.25) is 0 Å². The molecule has 0 unspecified atom stereocenters. The van der Waals surface area contributed by atoms with E-state index in [1.54, 1.807) is 0 Å². The third-order valence-corrected chi connectivity index (χ3v) is 6.18. The Labute approximate surface area is 174 Å². The zero-order chi connectivity index (χ0) is 19.7. The van der Waals surface area contributed by atoms with Crippen LogP contribution in [0.1, 0.15) is 47.1 Å². The molecule has 2 aromatic heterocycles. The number of nitrogens with zero attached hydrogens (tertiary/aromatic N) is 3. The molecule has 1 aliphatic heterocycles. The van der Waals surface area contributed by atoms with E-state index in [1.807, 2.05) is 28.5 Å². The summed E-state index contributed by atoms with van der Waals surface area (Å²) in [6, 6.07) is 12.7. The average Bonchev–Trinajstić information content (AvgIpc) is 3.07. The Morgan fingerprint density at radius 1 is 1.21 bits per heavy atom. The van der Waals surface area contributed by atoms with Crippen molar-refractivity contribution >= 4 is 27.5 Å². The second-order valence-corrected chi connectivity index (χ2v) is 8.64. The molecule has 1 saturated heterocycles. The molecule has 0 aliphatic carbocycles. The quantitative estimate of drug-likeness (QED) is 0.569. The number of hydrogen-bond acceptors (Lipinski definition) is 2. The number of imidazole rings is 1. The highest BCUT2D eigenvalue weighted by molar-refractivity contribution is 9.10. The van der Waals surface area contributed by atoms with Gasteiger partial charge in [-0.15, -0.1) is 0 Å². The summed E-state index contributed by atoms with van der Waals surface area (Å²) in [5.74, 6) is 0.760. The predicted octanol–water partition coefficient (Wildman–Crippen LogP) is 5.06. The standard InChI is InChI=1S/C23H26BrN3O/c1-3-20-21(27-15-19(24)13-16(2)22(27)25-20)23(28)26-11-9-18(10-12-26)14-17-7-5-4-6-8-17/h4-8,13,15,18H,3,9-12,14H2,1-2H3. The maximum Gasteiger partial charge on any atom is 0.272 e. The first-order valence-corrected chi connectivity index (χ1v) is 10.9. The zero-order valence-electron chi connectivity index (χ0n) is 16.5.